The van der Waals surface area contributed by atoms with E-state index in [0.717, 1.165) is 0 Å². The maximum absolute atomic E-state index is 10.7. The molecule has 0 aliphatic carbocycles. The number of rotatable bonds is 3. The maximum atomic E-state index is 10.7. The van der Waals surface area contributed by atoms with Crippen LogP contribution in [-0.4, -0.2) is 15.8 Å². The molecule has 0 saturated carbocycles. The lowest BCUT2D eigenvalue weighted by molar-refractivity contribution is -0.384. The van der Waals surface area contributed by atoms with Crippen LogP contribution in [0.25, 0.3) is 6.08 Å². The molecule has 0 bridgehead atoms. The lowest BCUT2D eigenvalue weighted by Gasteiger charge is -2.00. The van der Waals surface area contributed by atoms with Gasteiger partial charge in [-0.15, -0.1) is 0 Å². The second kappa shape index (κ2) is 5.45. The molecule has 5 nitrogen and oxygen atoms in total. The molecule has 0 spiro atoms. The number of nitrogens with zero attached hydrogens (tertiary/aromatic N) is 2. The van der Waals surface area contributed by atoms with E-state index < -0.39 is 4.92 Å². The van der Waals surface area contributed by atoms with E-state index in [1.54, 1.807) is 26.0 Å². The van der Waals surface area contributed by atoms with Crippen molar-refractivity contribution in [1.82, 2.24) is 0 Å². The van der Waals surface area contributed by atoms with Crippen molar-refractivity contribution in [3.8, 4) is 0 Å². The van der Waals surface area contributed by atoms with Crippen molar-refractivity contribution >= 4 is 29.1 Å². The topological polar surface area (TPSA) is 75.7 Å². The van der Waals surface area contributed by atoms with Gasteiger partial charge in [0.15, 0.2) is 0 Å². The standard InChI is InChI=1S/C11H11ClN2O3/c1-7(8(2)13-15)5-9-3-4-10(12)11(6-9)14(16)17/h3-6,15H,1-2H3/b7-5-,13-8+. The molecular formula is C11H11ClN2O3. The number of nitro groups is 1. The van der Waals surface area contributed by atoms with Gasteiger partial charge < -0.3 is 5.21 Å². The van der Waals surface area contributed by atoms with Crippen LogP contribution in [0, 0.1) is 10.1 Å². The maximum Gasteiger partial charge on any atom is 0.288 e. The van der Waals surface area contributed by atoms with Crippen LogP contribution in [0.3, 0.4) is 0 Å². The van der Waals surface area contributed by atoms with Gasteiger partial charge in [0.05, 0.1) is 10.6 Å². The fraction of sp³-hybridized carbons (Fsp3) is 0.182. The second-order valence-corrected chi connectivity index (χ2v) is 3.89. The van der Waals surface area contributed by atoms with Gasteiger partial charge >= 0.3 is 0 Å². The van der Waals surface area contributed by atoms with E-state index in [9.17, 15) is 10.1 Å². The molecule has 1 aromatic carbocycles. The fourth-order valence-corrected chi connectivity index (χ4v) is 1.38. The third-order valence-electron chi connectivity index (χ3n) is 2.27. The molecular weight excluding hydrogens is 244 g/mol. The first-order valence-electron chi connectivity index (χ1n) is 4.77. The van der Waals surface area contributed by atoms with Crippen molar-refractivity contribution < 1.29 is 10.1 Å². The molecule has 0 saturated heterocycles. The Bertz CT molecular complexity index is 509. The SMILES string of the molecule is CC(=C/c1ccc(Cl)c([N+](=O)[O-])c1)/C(C)=N/O. The normalized spacial score (nSPS) is 12.6. The number of oxime groups is 1. The molecule has 6 heteroatoms. The zero-order valence-electron chi connectivity index (χ0n) is 9.35. The Labute approximate surface area is 103 Å². The molecule has 1 N–H and O–H groups in total. The molecule has 0 fully saturated rings. The number of nitro benzene ring substituents is 1. The Morgan fingerprint density at radius 3 is 2.71 bits per heavy atom. The van der Waals surface area contributed by atoms with Gasteiger partial charge in [0.1, 0.15) is 5.02 Å². The Balaban J connectivity index is 3.18. The monoisotopic (exact) mass is 254 g/mol. The average Bonchev–Trinajstić information content (AvgIpc) is 2.30. The van der Waals surface area contributed by atoms with Crippen LogP contribution < -0.4 is 0 Å². The molecule has 0 atom stereocenters. The van der Waals surface area contributed by atoms with Crippen LogP contribution in [0.4, 0.5) is 5.69 Å². The summed E-state index contributed by atoms with van der Waals surface area (Å²) in [6.45, 7) is 3.38. The summed E-state index contributed by atoms with van der Waals surface area (Å²) in [5.41, 5.74) is 1.64. The molecule has 90 valence electrons. The number of allylic oxidation sites excluding steroid dienone is 1. The predicted octanol–water partition coefficient (Wildman–Crippen LogP) is 3.50. The highest BCUT2D eigenvalue weighted by atomic mass is 35.5. The van der Waals surface area contributed by atoms with Crippen LogP contribution in [0.5, 0.6) is 0 Å². The number of hydrogen-bond donors (Lipinski definition) is 1. The van der Waals surface area contributed by atoms with Gasteiger partial charge in [0, 0.05) is 6.07 Å². The van der Waals surface area contributed by atoms with Gasteiger partial charge in [-0.25, -0.2) is 0 Å². The predicted molar refractivity (Wildman–Crippen MR) is 66.7 cm³/mol. The number of halogens is 1. The first-order valence-corrected chi connectivity index (χ1v) is 5.14. The van der Waals surface area contributed by atoms with E-state index in [-0.39, 0.29) is 10.7 Å². The number of hydrogen-bond acceptors (Lipinski definition) is 4. The fourth-order valence-electron chi connectivity index (χ4n) is 1.19. The van der Waals surface area contributed by atoms with E-state index in [1.807, 2.05) is 0 Å². The average molecular weight is 255 g/mol. The van der Waals surface area contributed by atoms with Gasteiger partial charge in [-0.2, -0.15) is 0 Å². The minimum Gasteiger partial charge on any atom is -0.411 e. The minimum atomic E-state index is -0.540. The summed E-state index contributed by atoms with van der Waals surface area (Å²) in [5.74, 6) is 0. The van der Waals surface area contributed by atoms with Gasteiger partial charge in [-0.1, -0.05) is 22.8 Å². The highest BCUT2D eigenvalue weighted by Crippen LogP contribution is 2.26. The quantitative estimate of drug-likeness (QED) is 0.388. The van der Waals surface area contributed by atoms with Crippen LogP contribution >= 0.6 is 11.6 Å². The van der Waals surface area contributed by atoms with Crippen molar-refractivity contribution in [2.45, 2.75) is 13.8 Å². The molecule has 1 aromatic rings. The summed E-state index contributed by atoms with van der Waals surface area (Å²) in [7, 11) is 0. The molecule has 0 aliphatic rings. The summed E-state index contributed by atoms with van der Waals surface area (Å²) in [4.78, 5) is 10.1. The summed E-state index contributed by atoms with van der Waals surface area (Å²) in [5, 5.41) is 22.4. The first kappa shape index (κ1) is 13.2. The molecule has 0 aliphatic heterocycles. The lowest BCUT2D eigenvalue weighted by atomic mass is 10.1. The summed E-state index contributed by atoms with van der Waals surface area (Å²) < 4.78 is 0. The summed E-state index contributed by atoms with van der Waals surface area (Å²) in [6, 6.07) is 4.49. The van der Waals surface area contributed by atoms with Gasteiger partial charge in [0.2, 0.25) is 0 Å². The molecule has 0 radical (unpaired) electrons. The smallest absolute Gasteiger partial charge is 0.288 e. The van der Waals surface area contributed by atoms with Crippen LogP contribution in [0.2, 0.25) is 5.02 Å². The Kier molecular flexibility index (Phi) is 4.23. The lowest BCUT2D eigenvalue weighted by Crippen LogP contribution is -1.93. The summed E-state index contributed by atoms with van der Waals surface area (Å²) in [6.07, 6.45) is 1.68. The van der Waals surface area contributed by atoms with Gasteiger partial charge in [-0.05, 0) is 37.1 Å². The molecule has 0 aromatic heterocycles. The van der Waals surface area contributed by atoms with Crippen LogP contribution in [0.1, 0.15) is 19.4 Å². The molecule has 0 unspecified atom stereocenters. The van der Waals surface area contributed by atoms with E-state index in [1.165, 1.54) is 12.1 Å². The van der Waals surface area contributed by atoms with Crippen molar-refractivity contribution in [3.05, 3.63) is 44.5 Å². The van der Waals surface area contributed by atoms with Crippen LogP contribution in [-0.2, 0) is 0 Å². The van der Waals surface area contributed by atoms with Crippen molar-refractivity contribution in [2.75, 3.05) is 0 Å². The van der Waals surface area contributed by atoms with Crippen LogP contribution in [0.15, 0.2) is 28.9 Å². The van der Waals surface area contributed by atoms with Crippen molar-refractivity contribution in [3.63, 3.8) is 0 Å². The van der Waals surface area contributed by atoms with E-state index >= 15 is 0 Å². The Morgan fingerprint density at radius 1 is 1.53 bits per heavy atom. The van der Waals surface area contributed by atoms with E-state index in [4.69, 9.17) is 16.8 Å². The molecule has 1 rings (SSSR count). The van der Waals surface area contributed by atoms with Gasteiger partial charge in [0.25, 0.3) is 5.69 Å². The van der Waals surface area contributed by atoms with Crippen molar-refractivity contribution in [1.29, 1.82) is 0 Å². The first-order chi connectivity index (χ1) is 7.95. The number of benzene rings is 1. The minimum absolute atomic E-state index is 0.0948. The zero-order valence-corrected chi connectivity index (χ0v) is 10.1. The summed E-state index contributed by atoms with van der Waals surface area (Å²) >= 11 is 5.69. The van der Waals surface area contributed by atoms with Crippen molar-refractivity contribution in [2.24, 2.45) is 5.16 Å². The van der Waals surface area contributed by atoms with Gasteiger partial charge in [-0.3, -0.25) is 10.1 Å². The molecule has 17 heavy (non-hydrogen) atoms. The Hall–Kier alpha value is -1.88. The second-order valence-electron chi connectivity index (χ2n) is 3.48. The Morgan fingerprint density at radius 2 is 2.18 bits per heavy atom. The van der Waals surface area contributed by atoms with E-state index in [2.05, 4.69) is 5.16 Å². The highest BCUT2D eigenvalue weighted by Gasteiger charge is 2.11. The zero-order chi connectivity index (χ0) is 13.0. The van der Waals surface area contributed by atoms with E-state index in [0.29, 0.717) is 16.8 Å². The molecule has 0 amide bonds. The third kappa shape index (κ3) is 3.29. The molecule has 0 heterocycles. The third-order valence-corrected chi connectivity index (χ3v) is 2.59. The highest BCUT2D eigenvalue weighted by molar-refractivity contribution is 6.32. The largest absolute Gasteiger partial charge is 0.411 e.